The van der Waals surface area contributed by atoms with Crippen LogP contribution >= 0.6 is 0 Å². The second-order valence-corrected chi connectivity index (χ2v) is 17.1. The highest BCUT2D eigenvalue weighted by molar-refractivity contribution is 6.74. The molecule has 23 heavy (non-hydrogen) atoms. The summed E-state index contributed by atoms with van der Waals surface area (Å²) in [6.45, 7) is 18.5. The Bertz CT molecular complexity index is 402. The van der Waals surface area contributed by atoms with Gasteiger partial charge in [0.2, 0.25) is 8.32 Å². The van der Waals surface area contributed by atoms with Crippen molar-refractivity contribution >= 4 is 28.5 Å². The molecule has 0 N–H and O–H groups in total. The first-order chi connectivity index (χ1) is 10.3. The van der Waals surface area contributed by atoms with Crippen LogP contribution in [0.1, 0.15) is 33.6 Å². The zero-order valence-electron chi connectivity index (χ0n) is 16.4. The minimum absolute atomic E-state index is 0.225. The van der Waals surface area contributed by atoms with Crippen LogP contribution in [-0.4, -0.2) is 51.7 Å². The number of carbonyl (C=O) groups is 2. The lowest BCUT2D eigenvalue weighted by atomic mass is 10.1. The van der Waals surface area contributed by atoms with Crippen molar-refractivity contribution in [3.05, 3.63) is 0 Å². The van der Waals surface area contributed by atoms with Crippen molar-refractivity contribution in [3.63, 3.8) is 0 Å². The molecule has 0 fully saturated rings. The Morgan fingerprint density at radius 3 is 1.87 bits per heavy atom. The standard InChI is InChI=1S/C16H35NO4Si2/c1-10-12-14(16(19)20-11-2)17(22(4,5)6)13(3)15(18)21-23(7,8)9/h13-14H,10-12H2,1-9H3. The Labute approximate surface area is 143 Å². The number of ether oxygens (including phenoxy) is 1. The minimum atomic E-state index is -1.96. The number of rotatable bonds is 9. The molecule has 0 saturated carbocycles. The zero-order chi connectivity index (χ0) is 18.4. The second kappa shape index (κ2) is 8.98. The molecule has 0 aromatic heterocycles. The highest BCUT2D eigenvalue weighted by Gasteiger charge is 2.42. The molecule has 0 rings (SSSR count). The molecule has 0 amide bonds. The lowest BCUT2D eigenvalue weighted by Crippen LogP contribution is -2.61. The molecule has 2 unspecified atom stereocenters. The maximum Gasteiger partial charge on any atom is 0.322 e. The summed E-state index contributed by atoms with van der Waals surface area (Å²) in [7, 11) is -3.89. The predicted octanol–water partition coefficient (Wildman–Crippen LogP) is 3.62. The number of hydrogen-bond donors (Lipinski definition) is 0. The molecule has 0 heterocycles. The van der Waals surface area contributed by atoms with Crippen LogP contribution in [-0.2, 0) is 18.8 Å². The van der Waals surface area contributed by atoms with E-state index in [2.05, 4.69) is 24.2 Å². The summed E-state index contributed by atoms with van der Waals surface area (Å²) < 4.78 is 13.0. The van der Waals surface area contributed by atoms with E-state index in [0.717, 1.165) is 6.42 Å². The summed E-state index contributed by atoms with van der Waals surface area (Å²) in [4.78, 5) is 25.0. The zero-order valence-corrected chi connectivity index (χ0v) is 18.4. The maximum atomic E-state index is 12.6. The highest BCUT2D eigenvalue weighted by Crippen LogP contribution is 2.23. The summed E-state index contributed by atoms with van der Waals surface area (Å²) in [6, 6.07) is -0.815. The van der Waals surface area contributed by atoms with Crippen molar-refractivity contribution in [1.29, 1.82) is 0 Å². The predicted molar refractivity (Wildman–Crippen MR) is 99.4 cm³/mol. The molecule has 0 saturated heterocycles. The third-order valence-corrected chi connectivity index (χ3v) is 6.46. The molecule has 0 aromatic rings. The smallest absolute Gasteiger partial charge is 0.322 e. The first kappa shape index (κ1) is 22.3. The van der Waals surface area contributed by atoms with Crippen molar-refractivity contribution in [1.82, 2.24) is 4.57 Å². The largest absolute Gasteiger partial charge is 0.519 e. The summed E-state index contributed by atoms with van der Waals surface area (Å²) in [5, 5.41) is 0. The molecule has 136 valence electrons. The fraction of sp³-hybridized carbons (Fsp3) is 0.875. The summed E-state index contributed by atoms with van der Waals surface area (Å²) in [6.07, 6.45) is 1.55. The van der Waals surface area contributed by atoms with Crippen molar-refractivity contribution in [2.24, 2.45) is 0 Å². The Balaban J connectivity index is 5.55. The molecule has 0 aliphatic heterocycles. The third kappa shape index (κ3) is 7.63. The SMILES string of the molecule is CCCC(C(=O)OCC)N(C(C)C(=O)O[Si](C)(C)C)[Si](C)(C)C. The van der Waals surface area contributed by atoms with Crippen LogP contribution in [0.4, 0.5) is 0 Å². The number of hydrogen-bond acceptors (Lipinski definition) is 5. The monoisotopic (exact) mass is 361 g/mol. The molecular weight excluding hydrogens is 326 g/mol. The average Bonchev–Trinajstić information content (AvgIpc) is 2.34. The molecular formula is C16H35NO4Si2. The van der Waals surface area contributed by atoms with E-state index < -0.39 is 22.6 Å². The van der Waals surface area contributed by atoms with Gasteiger partial charge in [0.15, 0.2) is 0 Å². The number of esters is 1. The van der Waals surface area contributed by atoms with Crippen molar-refractivity contribution in [2.75, 3.05) is 6.61 Å². The average molecular weight is 362 g/mol. The van der Waals surface area contributed by atoms with Gasteiger partial charge in [-0.3, -0.25) is 14.2 Å². The van der Waals surface area contributed by atoms with E-state index in [0.29, 0.717) is 13.0 Å². The van der Waals surface area contributed by atoms with Gasteiger partial charge in [-0.05, 0) is 39.9 Å². The van der Waals surface area contributed by atoms with E-state index in [1.807, 2.05) is 40.4 Å². The third-order valence-electron chi connectivity index (χ3n) is 3.40. The molecule has 0 spiro atoms. The van der Waals surface area contributed by atoms with Gasteiger partial charge >= 0.3 is 11.9 Å². The lowest BCUT2D eigenvalue weighted by molar-refractivity contribution is -0.150. The van der Waals surface area contributed by atoms with E-state index in [9.17, 15) is 9.59 Å². The molecule has 0 radical (unpaired) electrons. The van der Waals surface area contributed by atoms with E-state index in [-0.39, 0.29) is 18.0 Å². The highest BCUT2D eigenvalue weighted by atomic mass is 28.4. The van der Waals surface area contributed by atoms with Crippen LogP contribution in [0, 0.1) is 0 Å². The summed E-state index contributed by atoms with van der Waals surface area (Å²) in [5.41, 5.74) is 0. The molecule has 5 nitrogen and oxygen atoms in total. The van der Waals surface area contributed by atoms with Gasteiger partial charge in [0.05, 0.1) is 12.6 Å². The quantitative estimate of drug-likeness (QED) is 0.464. The van der Waals surface area contributed by atoms with Gasteiger partial charge in [-0.15, -0.1) is 0 Å². The van der Waals surface area contributed by atoms with Gasteiger partial charge in [-0.25, -0.2) is 0 Å². The van der Waals surface area contributed by atoms with Gasteiger partial charge in [0, 0.05) is 0 Å². The van der Waals surface area contributed by atoms with Gasteiger partial charge in [0.1, 0.15) is 14.3 Å². The van der Waals surface area contributed by atoms with E-state index in [1.165, 1.54) is 0 Å². The van der Waals surface area contributed by atoms with Crippen molar-refractivity contribution < 1.29 is 18.8 Å². The van der Waals surface area contributed by atoms with Crippen LogP contribution < -0.4 is 0 Å². The van der Waals surface area contributed by atoms with Gasteiger partial charge < -0.3 is 9.16 Å². The van der Waals surface area contributed by atoms with Gasteiger partial charge in [0.25, 0.3) is 0 Å². The minimum Gasteiger partial charge on any atom is -0.519 e. The Morgan fingerprint density at radius 1 is 1.00 bits per heavy atom. The Morgan fingerprint density at radius 2 is 1.52 bits per heavy atom. The van der Waals surface area contributed by atoms with Crippen LogP contribution in [0.3, 0.4) is 0 Å². The van der Waals surface area contributed by atoms with E-state index in [1.54, 1.807) is 0 Å². The van der Waals surface area contributed by atoms with Crippen LogP contribution in [0.25, 0.3) is 0 Å². The van der Waals surface area contributed by atoms with Crippen molar-refractivity contribution in [3.8, 4) is 0 Å². The van der Waals surface area contributed by atoms with Gasteiger partial charge in [-0.1, -0.05) is 33.0 Å². The molecule has 0 bridgehead atoms. The topological polar surface area (TPSA) is 55.8 Å². The van der Waals surface area contributed by atoms with Crippen LogP contribution in [0.2, 0.25) is 39.3 Å². The molecule has 0 aromatic carbocycles. The first-order valence-corrected chi connectivity index (χ1v) is 15.4. The van der Waals surface area contributed by atoms with Crippen LogP contribution in [0.5, 0.6) is 0 Å². The number of nitrogens with zero attached hydrogens (tertiary/aromatic N) is 1. The summed E-state index contributed by atoms with van der Waals surface area (Å²) >= 11 is 0. The van der Waals surface area contributed by atoms with E-state index in [4.69, 9.17) is 9.16 Å². The Hall–Kier alpha value is -0.666. The molecule has 2 atom stereocenters. The van der Waals surface area contributed by atoms with Gasteiger partial charge in [-0.2, -0.15) is 0 Å². The van der Waals surface area contributed by atoms with Crippen LogP contribution in [0.15, 0.2) is 0 Å². The first-order valence-electron chi connectivity index (χ1n) is 8.53. The van der Waals surface area contributed by atoms with Crippen molar-refractivity contribution in [2.45, 2.75) is 85.0 Å². The Kier molecular flexibility index (Phi) is 8.72. The number of carbonyl (C=O) groups excluding carboxylic acids is 2. The fourth-order valence-corrected chi connectivity index (χ4v) is 5.91. The summed E-state index contributed by atoms with van der Waals surface area (Å²) in [5.74, 6) is -0.457. The normalized spacial score (nSPS) is 15.2. The lowest BCUT2D eigenvalue weighted by Gasteiger charge is -2.43. The molecule has 0 aliphatic rings. The van der Waals surface area contributed by atoms with E-state index >= 15 is 0 Å². The molecule has 0 aliphatic carbocycles. The molecule has 7 heteroatoms. The second-order valence-electron chi connectivity index (χ2n) is 7.84. The fourth-order valence-electron chi connectivity index (χ4n) is 2.70. The maximum absolute atomic E-state index is 12.6.